The Balaban J connectivity index is 2.50. The van der Waals surface area contributed by atoms with Crippen molar-refractivity contribution >= 4 is 12.6 Å². The number of ether oxygens (including phenoxy) is 1. The highest BCUT2D eigenvalue weighted by Crippen LogP contribution is 2.29. The van der Waals surface area contributed by atoms with Gasteiger partial charge in [-0.05, 0) is 41.8 Å². The first-order valence-corrected chi connectivity index (χ1v) is 5.60. The lowest BCUT2D eigenvalue weighted by Gasteiger charge is -2.09. The minimum absolute atomic E-state index is 0.917. The molecule has 0 atom stereocenters. The Morgan fingerprint density at radius 2 is 1.81 bits per heavy atom. The molecule has 2 aromatic rings. The summed E-state index contributed by atoms with van der Waals surface area (Å²) in [4.78, 5) is 0.993. The van der Waals surface area contributed by atoms with Crippen molar-refractivity contribution in [1.29, 1.82) is 0 Å². The summed E-state index contributed by atoms with van der Waals surface area (Å²) < 4.78 is 5.25. The van der Waals surface area contributed by atoms with E-state index in [4.69, 9.17) is 4.74 Å². The van der Waals surface area contributed by atoms with Crippen molar-refractivity contribution in [1.82, 2.24) is 0 Å². The third-order valence-corrected chi connectivity index (χ3v) is 3.00. The standard InChI is InChI=1S/C14H14OS/c1-10-9-11(7-8-13(10)15-2)12-5-3-4-6-14(12)16/h3-9,16H,1-2H3. The van der Waals surface area contributed by atoms with Crippen LogP contribution in [-0.2, 0) is 0 Å². The van der Waals surface area contributed by atoms with Crippen LogP contribution < -0.4 is 4.74 Å². The van der Waals surface area contributed by atoms with Gasteiger partial charge in [-0.2, -0.15) is 0 Å². The topological polar surface area (TPSA) is 9.23 Å². The van der Waals surface area contributed by atoms with Crippen LogP contribution in [0.2, 0.25) is 0 Å². The van der Waals surface area contributed by atoms with Gasteiger partial charge in [-0.3, -0.25) is 0 Å². The lowest BCUT2D eigenvalue weighted by atomic mass is 10.0. The summed E-state index contributed by atoms with van der Waals surface area (Å²) in [5.74, 6) is 0.917. The third kappa shape index (κ3) is 2.07. The van der Waals surface area contributed by atoms with E-state index in [2.05, 4.69) is 30.8 Å². The summed E-state index contributed by atoms with van der Waals surface area (Å²) in [6.45, 7) is 2.05. The molecule has 2 rings (SSSR count). The van der Waals surface area contributed by atoms with Crippen LogP contribution in [0.3, 0.4) is 0 Å². The molecule has 2 aromatic carbocycles. The van der Waals surface area contributed by atoms with Crippen molar-refractivity contribution in [3.63, 3.8) is 0 Å². The fourth-order valence-electron chi connectivity index (χ4n) is 1.76. The van der Waals surface area contributed by atoms with Crippen LogP contribution in [0.4, 0.5) is 0 Å². The van der Waals surface area contributed by atoms with Crippen LogP contribution in [0.25, 0.3) is 11.1 Å². The quantitative estimate of drug-likeness (QED) is 0.768. The maximum absolute atomic E-state index is 5.25. The number of thiol groups is 1. The molecule has 0 aromatic heterocycles. The molecule has 0 aliphatic heterocycles. The smallest absolute Gasteiger partial charge is 0.121 e. The normalized spacial score (nSPS) is 10.2. The summed E-state index contributed by atoms with van der Waals surface area (Å²) in [5.41, 5.74) is 3.46. The zero-order valence-electron chi connectivity index (χ0n) is 9.40. The zero-order chi connectivity index (χ0) is 11.5. The van der Waals surface area contributed by atoms with E-state index in [9.17, 15) is 0 Å². The fourth-order valence-corrected chi connectivity index (χ4v) is 2.05. The van der Waals surface area contributed by atoms with Crippen LogP contribution >= 0.6 is 12.6 Å². The highest BCUT2D eigenvalue weighted by Gasteiger charge is 2.04. The van der Waals surface area contributed by atoms with Gasteiger partial charge in [0.15, 0.2) is 0 Å². The van der Waals surface area contributed by atoms with Gasteiger partial charge in [0.05, 0.1) is 7.11 Å². The van der Waals surface area contributed by atoms with E-state index in [1.807, 2.05) is 31.2 Å². The molecule has 0 N–H and O–H groups in total. The van der Waals surface area contributed by atoms with Gasteiger partial charge in [-0.25, -0.2) is 0 Å². The second kappa shape index (κ2) is 4.62. The average Bonchev–Trinajstić information content (AvgIpc) is 2.29. The van der Waals surface area contributed by atoms with Gasteiger partial charge in [0.25, 0.3) is 0 Å². The fraction of sp³-hybridized carbons (Fsp3) is 0.143. The van der Waals surface area contributed by atoms with Crippen molar-refractivity contribution in [3.05, 3.63) is 48.0 Å². The Labute approximate surface area is 101 Å². The maximum atomic E-state index is 5.25. The highest BCUT2D eigenvalue weighted by molar-refractivity contribution is 7.80. The van der Waals surface area contributed by atoms with Crippen LogP contribution in [0.15, 0.2) is 47.4 Å². The average molecular weight is 230 g/mol. The molecule has 0 unspecified atom stereocenters. The molecule has 0 aliphatic rings. The van der Waals surface area contributed by atoms with E-state index < -0.39 is 0 Å². The molecule has 16 heavy (non-hydrogen) atoms. The second-order valence-corrected chi connectivity index (χ2v) is 4.18. The molecule has 2 heteroatoms. The molecule has 0 heterocycles. The number of rotatable bonds is 2. The van der Waals surface area contributed by atoms with E-state index in [0.29, 0.717) is 0 Å². The van der Waals surface area contributed by atoms with Crippen LogP contribution in [0, 0.1) is 6.92 Å². The predicted molar refractivity (Wildman–Crippen MR) is 70.4 cm³/mol. The summed E-state index contributed by atoms with van der Waals surface area (Å²) in [6, 6.07) is 14.2. The van der Waals surface area contributed by atoms with E-state index >= 15 is 0 Å². The Bertz CT molecular complexity index is 506. The van der Waals surface area contributed by atoms with Crippen molar-refractivity contribution in [2.45, 2.75) is 11.8 Å². The van der Waals surface area contributed by atoms with Gasteiger partial charge in [0, 0.05) is 4.90 Å². The number of aryl methyl sites for hydroxylation is 1. The highest BCUT2D eigenvalue weighted by atomic mass is 32.1. The number of benzene rings is 2. The van der Waals surface area contributed by atoms with E-state index in [1.54, 1.807) is 7.11 Å². The Hall–Kier alpha value is -1.41. The molecule has 0 spiro atoms. The van der Waals surface area contributed by atoms with Crippen molar-refractivity contribution in [3.8, 4) is 16.9 Å². The van der Waals surface area contributed by atoms with Crippen molar-refractivity contribution in [2.75, 3.05) is 7.11 Å². The first-order valence-electron chi connectivity index (χ1n) is 5.15. The molecule has 0 saturated carbocycles. The van der Waals surface area contributed by atoms with E-state index in [1.165, 1.54) is 5.56 Å². The summed E-state index contributed by atoms with van der Waals surface area (Å²) in [5, 5.41) is 0. The molecular formula is C14H14OS. The molecule has 0 amide bonds. The maximum Gasteiger partial charge on any atom is 0.121 e. The SMILES string of the molecule is COc1ccc(-c2ccccc2S)cc1C. The zero-order valence-corrected chi connectivity index (χ0v) is 10.3. The molecule has 0 radical (unpaired) electrons. The number of hydrogen-bond acceptors (Lipinski definition) is 2. The summed E-state index contributed by atoms with van der Waals surface area (Å²) in [7, 11) is 1.69. The lowest BCUT2D eigenvalue weighted by molar-refractivity contribution is 0.412. The molecular weight excluding hydrogens is 216 g/mol. The summed E-state index contributed by atoms with van der Waals surface area (Å²) >= 11 is 4.46. The van der Waals surface area contributed by atoms with Gasteiger partial charge in [0.1, 0.15) is 5.75 Å². The van der Waals surface area contributed by atoms with E-state index in [0.717, 1.165) is 21.8 Å². The van der Waals surface area contributed by atoms with E-state index in [-0.39, 0.29) is 0 Å². The molecule has 0 saturated heterocycles. The third-order valence-electron chi connectivity index (χ3n) is 2.61. The second-order valence-electron chi connectivity index (χ2n) is 3.70. The molecule has 0 fully saturated rings. The van der Waals surface area contributed by atoms with Crippen molar-refractivity contribution < 1.29 is 4.74 Å². The van der Waals surface area contributed by atoms with Gasteiger partial charge >= 0.3 is 0 Å². The first-order chi connectivity index (χ1) is 7.72. The summed E-state index contributed by atoms with van der Waals surface area (Å²) in [6.07, 6.45) is 0. The van der Waals surface area contributed by atoms with Crippen LogP contribution in [-0.4, -0.2) is 7.11 Å². The molecule has 82 valence electrons. The van der Waals surface area contributed by atoms with Crippen LogP contribution in [0.5, 0.6) is 5.75 Å². The minimum atomic E-state index is 0.917. The molecule has 0 aliphatic carbocycles. The Morgan fingerprint density at radius 3 is 2.44 bits per heavy atom. The Kier molecular flexibility index (Phi) is 3.20. The van der Waals surface area contributed by atoms with Gasteiger partial charge < -0.3 is 4.74 Å². The Morgan fingerprint density at radius 1 is 1.06 bits per heavy atom. The molecule has 0 bridgehead atoms. The van der Waals surface area contributed by atoms with Gasteiger partial charge in [0.2, 0.25) is 0 Å². The monoisotopic (exact) mass is 230 g/mol. The number of methoxy groups -OCH3 is 1. The number of hydrogen-bond donors (Lipinski definition) is 1. The first kappa shape index (κ1) is 11.1. The predicted octanol–water partition coefficient (Wildman–Crippen LogP) is 3.96. The minimum Gasteiger partial charge on any atom is -0.496 e. The van der Waals surface area contributed by atoms with Crippen molar-refractivity contribution in [2.24, 2.45) is 0 Å². The largest absolute Gasteiger partial charge is 0.496 e. The van der Waals surface area contributed by atoms with Gasteiger partial charge in [-0.1, -0.05) is 24.3 Å². The van der Waals surface area contributed by atoms with Gasteiger partial charge in [-0.15, -0.1) is 12.6 Å². The van der Waals surface area contributed by atoms with Crippen LogP contribution in [0.1, 0.15) is 5.56 Å². The lowest BCUT2D eigenvalue weighted by Crippen LogP contribution is -1.88. The molecule has 1 nitrogen and oxygen atoms in total.